The first-order chi connectivity index (χ1) is 18.2. The second kappa shape index (κ2) is 13.3. The van der Waals surface area contributed by atoms with Gasteiger partial charge in [0.2, 0.25) is 5.91 Å². The number of hydrogen-bond donors (Lipinski definition) is 1. The summed E-state index contributed by atoms with van der Waals surface area (Å²) in [6.45, 7) is 21.5. The Balaban J connectivity index is 2.25. The summed E-state index contributed by atoms with van der Waals surface area (Å²) in [5.74, 6) is 0.506. The number of hydrogen-bond acceptors (Lipinski definition) is 2. The highest BCUT2D eigenvalue weighted by molar-refractivity contribution is 7.79. The lowest BCUT2D eigenvalue weighted by molar-refractivity contribution is -0.123. The molecule has 0 fully saturated rings. The van der Waals surface area contributed by atoms with E-state index in [2.05, 4.69) is 74.1 Å². The SMILES string of the molecule is C=CCc1cc(CC=C)cc(P(c2cc(CC=C)cc(CC=C)c2)c2cccc(NC(=O)C(C)(C)C)n2)c1. The number of rotatable bonds is 12. The molecular formula is C34H39N2OP. The molecule has 0 saturated heterocycles. The molecule has 1 aromatic heterocycles. The molecule has 0 aliphatic rings. The predicted molar refractivity (Wildman–Crippen MR) is 167 cm³/mol. The fourth-order valence-electron chi connectivity index (χ4n) is 4.22. The number of anilines is 1. The summed E-state index contributed by atoms with van der Waals surface area (Å²) >= 11 is 0. The molecule has 0 radical (unpaired) electrons. The van der Waals surface area contributed by atoms with Crippen molar-refractivity contribution in [3.05, 3.63) is 127 Å². The van der Waals surface area contributed by atoms with Crippen LogP contribution in [0, 0.1) is 5.41 Å². The van der Waals surface area contributed by atoms with Crippen molar-refractivity contribution in [1.29, 1.82) is 0 Å². The maximum Gasteiger partial charge on any atom is 0.230 e. The number of carbonyl (C=O) groups is 1. The largest absolute Gasteiger partial charge is 0.310 e. The highest BCUT2D eigenvalue weighted by atomic mass is 31.1. The van der Waals surface area contributed by atoms with Crippen molar-refractivity contribution in [1.82, 2.24) is 4.98 Å². The quantitative estimate of drug-likeness (QED) is 0.211. The summed E-state index contributed by atoms with van der Waals surface area (Å²) in [7, 11) is -1.02. The Hall–Kier alpha value is -3.55. The molecule has 196 valence electrons. The molecule has 1 amide bonds. The van der Waals surface area contributed by atoms with Crippen LogP contribution in [-0.2, 0) is 30.5 Å². The molecule has 1 heterocycles. The number of nitrogens with one attached hydrogen (secondary N) is 1. The third-order valence-corrected chi connectivity index (χ3v) is 8.25. The van der Waals surface area contributed by atoms with Gasteiger partial charge in [0.05, 0.1) is 5.44 Å². The zero-order chi connectivity index (χ0) is 27.7. The van der Waals surface area contributed by atoms with E-state index in [0.717, 1.165) is 31.1 Å². The molecule has 3 nitrogen and oxygen atoms in total. The van der Waals surface area contributed by atoms with E-state index in [0.29, 0.717) is 5.82 Å². The van der Waals surface area contributed by atoms with Crippen molar-refractivity contribution in [2.45, 2.75) is 46.5 Å². The number of nitrogens with zero attached hydrogens (tertiary/aromatic N) is 1. The van der Waals surface area contributed by atoms with Crippen LogP contribution >= 0.6 is 7.92 Å². The average Bonchev–Trinajstić information content (AvgIpc) is 2.85. The summed E-state index contributed by atoms with van der Waals surface area (Å²) in [6.07, 6.45) is 10.9. The smallest absolute Gasteiger partial charge is 0.230 e. The first kappa shape index (κ1) is 29.0. The summed E-state index contributed by atoms with van der Waals surface area (Å²) in [6, 6.07) is 19.5. The van der Waals surface area contributed by atoms with Crippen LogP contribution in [-0.4, -0.2) is 10.9 Å². The Kier molecular flexibility index (Phi) is 10.2. The first-order valence-electron chi connectivity index (χ1n) is 13.0. The Morgan fingerprint density at radius 1 is 0.763 bits per heavy atom. The van der Waals surface area contributed by atoms with E-state index < -0.39 is 13.3 Å². The van der Waals surface area contributed by atoms with Crippen LogP contribution in [0.2, 0.25) is 0 Å². The van der Waals surface area contributed by atoms with Crippen LogP contribution < -0.4 is 21.4 Å². The molecule has 1 N–H and O–H groups in total. The van der Waals surface area contributed by atoms with Gasteiger partial charge >= 0.3 is 0 Å². The predicted octanol–water partition coefficient (Wildman–Crippen LogP) is 6.74. The van der Waals surface area contributed by atoms with Crippen LogP contribution in [0.3, 0.4) is 0 Å². The van der Waals surface area contributed by atoms with E-state index in [4.69, 9.17) is 4.98 Å². The van der Waals surface area contributed by atoms with Gasteiger partial charge in [0.1, 0.15) is 5.82 Å². The molecular weight excluding hydrogens is 483 g/mol. The third kappa shape index (κ3) is 7.73. The molecule has 4 heteroatoms. The van der Waals surface area contributed by atoms with Gasteiger partial charge in [0.15, 0.2) is 0 Å². The van der Waals surface area contributed by atoms with E-state index in [1.807, 2.05) is 57.2 Å². The fourth-order valence-corrected chi connectivity index (χ4v) is 6.67. The highest BCUT2D eigenvalue weighted by Gasteiger charge is 2.24. The molecule has 2 aromatic carbocycles. The Morgan fingerprint density at radius 3 is 1.55 bits per heavy atom. The first-order valence-corrected chi connectivity index (χ1v) is 14.3. The lowest BCUT2D eigenvalue weighted by Crippen LogP contribution is -2.29. The van der Waals surface area contributed by atoms with Crippen LogP contribution in [0.1, 0.15) is 43.0 Å². The van der Waals surface area contributed by atoms with Crippen LogP contribution in [0.5, 0.6) is 0 Å². The topological polar surface area (TPSA) is 42.0 Å². The summed E-state index contributed by atoms with van der Waals surface area (Å²) in [5, 5.41) is 5.44. The van der Waals surface area contributed by atoms with Gasteiger partial charge in [-0.3, -0.25) is 4.79 Å². The van der Waals surface area contributed by atoms with E-state index in [-0.39, 0.29) is 5.91 Å². The minimum absolute atomic E-state index is 0.0611. The van der Waals surface area contributed by atoms with Crippen molar-refractivity contribution < 1.29 is 4.79 Å². The monoisotopic (exact) mass is 522 g/mol. The number of allylic oxidation sites excluding steroid dienone is 4. The lowest BCUT2D eigenvalue weighted by atomic mass is 9.96. The average molecular weight is 523 g/mol. The molecule has 38 heavy (non-hydrogen) atoms. The Labute approximate surface area is 229 Å². The van der Waals surface area contributed by atoms with E-state index >= 15 is 0 Å². The number of carbonyl (C=O) groups excluding carboxylic acids is 1. The van der Waals surface area contributed by atoms with Gasteiger partial charge in [-0.15, -0.1) is 26.3 Å². The van der Waals surface area contributed by atoms with Crippen LogP contribution in [0.15, 0.2) is 105 Å². The van der Waals surface area contributed by atoms with Gasteiger partial charge in [-0.2, -0.15) is 0 Å². The minimum atomic E-state index is -1.02. The molecule has 0 atom stereocenters. The Morgan fingerprint density at radius 2 is 1.18 bits per heavy atom. The number of pyridine rings is 1. The molecule has 0 bridgehead atoms. The maximum absolute atomic E-state index is 12.7. The number of amides is 1. The lowest BCUT2D eigenvalue weighted by Gasteiger charge is -2.23. The molecule has 0 saturated carbocycles. The van der Waals surface area contributed by atoms with E-state index in [1.165, 1.54) is 32.9 Å². The van der Waals surface area contributed by atoms with E-state index in [1.54, 1.807) is 0 Å². The van der Waals surface area contributed by atoms with Gasteiger partial charge < -0.3 is 5.32 Å². The van der Waals surface area contributed by atoms with Crippen LogP contribution in [0.4, 0.5) is 5.82 Å². The molecule has 0 spiro atoms. The molecule has 3 aromatic rings. The highest BCUT2D eigenvalue weighted by Crippen LogP contribution is 2.34. The summed E-state index contributed by atoms with van der Waals surface area (Å²) in [4.78, 5) is 17.7. The maximum atomic E-state index is 12.7. The van der Waals surface area contributed by atoms with Crippen molar-refractivity contribution in [3.8, 4) is 0 Å². The zero-order valence-corrected chi connectivity index (χ0v) is 23.9. The molecule has 0 unspecified atom stereocenters. The Bertz CT molecular complexity index is 1210. The van der Waals surface area contributed by atoms with Gasteiger partial charge in [-0.05, 0) is 70.7 Å². The van der Waals surface area contributed by atoms with Crippen molar-refractivity contribution >= 4 is 35.7 Å². The summed E-state index contributed by atoms with van der Waals surface area (Å²) < 4.78 is 0. The summed E-state index contributed by atoms with van der Waals surface area (Å²) in [5.41, 5.74) is 5.28. The van der Waals surface area contributed by atoms with Crippen molar-refractivity contribution in [2.75, 3.05) is 5.32 Å². The third-order valence-electron chi connectivity index (χ3n) is 6.00. The second-order valence-electron chi connectivity index (χ2n) is 10.4. The van der Waals surface area contributed by atoms with Gasteiger partial charge in [0, 0.05) is 13.3 Å². The van der Waals surface area contributed by atoms with Gasteiger partial charge in [-0.1, -0.05) is 87.5 Å². The molecule has 3 rings (SSSR count). The van der Waals surface area contributed by atoms with Crippen molar-refractivity contribution in [2.24, 2.45) is 5.41 Å². The molecule has 0 aliphatic carbocycles. The number of benzene rings is 2. The second-order valence-corrected chi connectivity index (χ2v) is 12.6. The van der Waals surface area contributed by atoms with Crippen molar-refractivity contribution in [3.63, 3.8) is 0 Å². The molecule has 0 aliphatic heterocycles. The van der Waals surface area contributed by atoms with Gasteiger partial charge in [-0.25, -0.2) is 4.98 Å². The number of aromatic nitrogens is 1. The zero-order valence-electron chi connectivity index (χ0n) is 23.0. The standard InChI is InChI=1S/C34H39N2OP/c1-8-13-25-19-26(14-9-2)22-29(21-25)38(30-23-27(15-10-3)20-28(24-30)16-11-4)32-18-12-17-31(35-32)36-33(37)34(5,6)7/h8-12,17-24H,1-4,13-16H2,5-7H3,(H,35,36,37). The van der Waals surface area contributed by atoms with Crippen LogP contribution in [0.25, 0.3) is 0 Å². The minimum Gasteiger partial charge on any atom is -0.310 e. The van der Waals surface area contributed by atoms with Gasteiger partial charge in [0.25, 0.3) is 0 Å². The van der Waals surface area contributed by atoms with E-state index in [9.17, 15) is 4.79 Å². The normalized spacial score (nSPS) is 11.2. The fraction of sp³-hybridized carbons (Fsp3) is 0.235.